The fourth-order valence-corrected chi connectivity index (χ4v) is 3.45. The molecule has 11 heteroatoms. The van der Waals surface area contributed by atoms with Crippen LogP contribution in [-0.4, -0.2) is 118 Å². The van der Waals surface area contributed by atoms with Crippen LogP contribution in [0.15, 0.2) is 30.3 Å². The first-order valence-electron chi connectivity index (χ1n) is 15.4. The molecule has 11 nitrogen and oxygen atoms in total. The number of unbranched alkanes of at least 4 members (excludes halogenated alkanes) is 4. The molecule has 0 bridgehead atoms. The fraction of sp³-hybridized carbons (Fsp3) is 0.774. The van der Waals surface area contributed by atoms with E-state index in [2.05, 4.69) is 12.2 Å². The standard InChI is InChI=1S/C31H55NO10/c1-2-3-4-5-9-13-34-15-17-36-19-21-38-23-25-40-27-28-41-26-24-39-22-20-37-18-16-35-14-12-32-31(33)42-29-30-10-7-6-8-11-30/h6-8,10-11H,2-5,9,12-29H2,1H3,(H,32,33). The molecule has 0 saturated heterocycles. The molecule has 0 heterocycles. The fourth-order valence-electron chi connectivity index (χ4n) is 3.45. The largest absolute Gasteiger partial charge is 0.445 e. The summed E-state index contributed by atoms with van der Waals surface area (Å²) in [4.78, 5) is 11.6. The number of benzene rings is 1. The first-order chi connectivity index (χ1) is 20.8. The smallest absolute Gasteiger partial charge is 0.407 e. The Labute approximate surface area is 252 Å². The lowest BCUT2D eigenvalue weighted by Gasteiger charge is -2.09. The summed E-state index contributed by atoms with van der Waals surface area (Å²) in [6.45, 7) is 11.4. The van der Waals surface area contributed by atoms with Gasteiger partial charge in [-0.25, -0.2) is 4.79 Å². The first kappa shape index (κ1) is 38.2. The van der Waals surface area contributed by atoms with Gasteiger partial charge in [-0.3, -0.25) is 0 Å². The highest BCUT2D eigenvalue weighted by Gasteiger charge is 2.02. The monoisotopic (exact) mass is 601 g/mol. The predicted octanol–water partition coefficient (Wildman–Crippen LogP) is 4.02. The Kier molecular flexibility index (Phi) is 29.2. The number of amides is 1. The van der Waals surface area contributed by atoms with Crippen molar-refractivity contribution in [1.29, 1.82) is 0 Å². The summed E-state index contributed by atoms with van der Waals surface area (Å²) < 4.78 is 48.9. The minimum Gasteiger partial charge on any atom is -0.445 e. The summed E-state index contributed by atoms with van der Waals surface area (Å²) in [5, 5.41) is 2.64. The lowest BCUT2D eigenvalue weighted by molar-refractivity contribution is -0.0230. The molecule has 0 aliphatic heterocycles. The van der Waals surface area contributed by atoms with Gasteiger partial charge >= 0.3 is 6.09 Å². The number of alkyl carbamates (subject to hydrolysis) is 1. The highest BCUT2D eigenvalue weighted by Crippen LogP contribution is 2.02. The normalized spacial score (nSPS) is 11.2. The zero-order chi connectivity index (χ0) is 30.0. The zero-order valence-electron chi connectivity index (χ0n) is 25.7. The molecule has 0 spiro atoms. The molecule has 42 heavy (non-hydrogen) atoms. The summed E-state index contributed by atoms with van der Waals surface area (Å²) in [5.41, 5.74) is 0.943. The third-order valence-corrected chi connectivity index (χ3v) is 5.72. The number of ether oxygens (including phenoxy) is 9. The van der Waals surface area contributed by atoms with Gasteiger partial charge in [0.25, 0.3) is 0 Å². The third kappa shape index (κ3) is 28.3. The van der Waals surface area contributed by atoms with Crippen LogP contribution in [0.2, 0.25) is 0 Å². The van der Waals surface area contributed by atoms with Crippen LogP contribution in [0.5, 0.6) is 0 Å². The van der Waals surface area contributed by atoms with Crippen molar-refractivity contribution in [3.05, 3.63) is 35.9 Å². The van der Waals surface area contributed by atoms with E-state index in [0.29, 0.717) is 106 Å². The minimum absolute atomic E-state index is 0.244. The van der Waals surface area contributed by atoms with Gasteiger partial charge in [0.2, 0.25) is 0 Å². The van der Waals surface area contributed by atoms with Gasteiger partial charge in [-0.15, -0.1) is 0 Å². The highest BCUT2D eigenvalue weighted by atomic mass is 16.6. The van der Waals surface area contributed by atoms with E-state index in [1.165, 1.54) is 25.7 Å². The lowest BCUT2D eigenvalue weighted by Crippen LogP contribution is -2.28. The first-order valence-corrected chi connectivity index (χ1v) is 15.4. The van der Waals surface area contributed by atoms with Gasteiger partial charge in [0.05, 0.1) is 99.1 Å². The van der Waals surface area contributed by atoms with E-state index in [4.69, 9.17) is 42.6 Å². The van der Waals surface area contributed by atoms with Crippen LogP contribution in [0.1, 0.15) is 44.6 Å². The van der Waals surface area contributed by atoms with Crippen molar-refractivity contribution < 1.29 is 47.4 Å². The Morgan fingerprint density at radius 3 is 1.38 bits per heavy atom. The van der Waals surface area contributed by atoms with Crippen molar-refractivity contribution in [2.75, 3.05) is 112 Å². The van der Waals surface area contributed by atoms with Crippen LogP contribution < -0.4 is 5.32 Å². The molecule has 1 aromatic carbocycles. The number of hydrogen-bond donors (Lipinski definition) is 1. The minimum atomic E-state index is -0.463. The summed E-state index contributed by atoms with van der Waals surface area (Å²) in [5.74, 6) is 0. The van der Waals surface area contributed by atoms with Gasteiger partial charge in [-0.05, 0) is 12.0 Å². The van der Waals surface area contributed by atoms with Gasteiger partial charge < -0.3 is 47.9 Å². The lowest BCUT2D eigenvalue weighted by atomic mass is 10.2. The van der Waals surface area contributed by atoms with Crippen LogP contribution in [0.3, 0.4) is 0 Å². The Bertz CT molecular complexity index is 683. The Hall–Kier alpha value is -1.83. The molecule has 0 saturated carbocycles. The van der Waals surface area contributed by atoms with Gasteiger partial charge in [-0.2, -0.15) is 0 Å². The molecule has 1 aromatic rings. The van der Waals surface area contributed by atoms with Crippen LogP contribution >= 0.6 is 0 Å². The topological polar surface area (TPSA) is 112 Å². The maximum absolute atomic E-state index is 11.6. The van der Waals surface area contributed by atoms with Crippen molar-refractivity contribution in [1.82, 2.24) is 5.32 Å². The highest BCUT2D eigenvalue weighted by molar-refractivity contribution is 5.67. The van der Waals surface area contributed by atoms with Crippen molar-refractivity contribution in [3.8, 4) is 0 Å². The maximum Gasteiger partial charge on any atom is 0.407 e. The van der Waals surface area contributed by atoms with Crippen LogP contribution in [0, 0.1) is 0 Å². The average Bonchev–Trinajstić information content (AvgIpc) is 3.01. The number of rotatable bonds is 32. The second kappa shape index (κ2) is 32.1. The van der Waals surface area contributed by atoms with E-state index in [-0.39, 0.29) is 6.61 Å². The number of hydrogen-bond acceptors (Lipinski definition) is 10. The molecule has 1 N–H and O–H groups in total. The number of nitrogens with one attached hydrogen (secondary N) is 1. The molecule has 0 fully saturated rings. The van der Waals surface area contributed by atoms with E-state index in [1.54, 1.807) is 0 Å². The molecule has 0 unspecified atom stereocenters. The van der Waals surface area contributed by atoms with E-state index >= 15 is 0 Å². The van der Waals surface area contributed by atoms with E-state index in [0.717, 1.165) is 18.6 Å². The summed E-state index contributed by atoms with van der Waals surface area (Å²) in [7, 11) is 0. The summed E-state index contributed by atoms with van der Waals surface area (Å²) >= 11 is 0. The van der Waals surface area contributed by atoms with Crippen molar-refractivity contribution in [3.63, 3.8) is 0 Å². The van der Waals surface area contributed by atoms with Crippen molar-refractivity contribution >= 4 is 6.09 Å². The second-order valence-electron chi connectivity index (χ2n) is 9.30. The van der Waals surface area contributed by atoms with E-state index in [1.807, 2.05) is 30.3 Å². The van der Waals surface area contributed by atoms with Crippen molar-refractivity contribution in [2.45, 2.75) is 45.6 Å². The van der Waals surface area contributed by atoms with Gasteiger partial charge in [0.1, 0.15) is 6.61 Å². The Morgan fingerprint density at radius 1 is 0.524 bits per heavy atom. The molecule has 0 aliphatic rings. The second-order valence-corrected chi connectivity index (χ2v) is 9.30. The number of carbonyl (C=O) groups excluding carboxylic acids is 1. The van der Waals surface area contributed by atoms with Gasteiger partial charge in [0.15, 0.2) is 0 Å². The predicted molar refractivity (Wildman–Crippen MR) is 160 cm³/mol. The quantitative estimate of drug-likeness (QED) is 0.122. The molecule has 0 atom stereocenters. The maximum atomic E-state index is 11.6. The van der Waals surface area contributed by atoms with Crippen molar-refractivity contribution in [2.24, 2.45) is 0 Å². The molecule has 1 amide bonds. The zero-order valence-corrected chi connectivity index (χ0v) is 25.7. The van der Waals surface area contributed by atoms with E-state index in [9.17, 15) is 4.79 Å². The van der Waals surface area contributed by atoms with Crippen LogP contribution in [-0.2, 0) is 49.2 Å². The number of carbonyl (C=O) groups is 1. The SMILES string of the molecule is CCCCCCCOCCOCCOCCOCCOCCOCCOCCOCCNC(=O)OCc1ccccc1. The van der Waals surface area contributed by atoms with E-state index < -0.39 is 6.09 Å². The average molecular weight is 602 g/mol. The van der Waals surface area contributed by atoms with Gasteiger partial charge in [0, 0.05) is 13.2 Å². The summed E-state index contributed by atoms with van der Waals surface area (Å²) in [6, 6.07) is 9.52. The molecule has 1 rings (SSSR count). The summed E-state index contributed by atoms with van der Waals surface area (Å²) in [6.07, 6.45) is 5.80. The molecule has 244 valence electrons. The molecule has 0 aromatic heterocycles. The van der Waals surface area contributed by atoms with Crippen LogP contribution in [0.4, 0.5) is 4.79 Å². The molecule has 0 radical (unpaired) electrons. The molecule has 0 aliphatic carbocycles. The van der Waals surface area contributed by atoms with Gasteiger partial charge in [-0.1, -0.05) is 62.9 Å². The Morgan fingerprint density at radius 2 is 0.929 bits per heavy atom. The third-order valence-electron chi connectivity index (χ3n) is 5.72. The Balaban J connectivity index is 1.65. The van der Waals surface area contributed by atoms with Crippen LogP contribution in [0.25, 0.3) is 0 Å². The molecular weight excluding hydrogens is 546 g/mol. The molecular formula is C31H55NO10.